The van der Waals surface area contributed by atoms with E-state index in [-0.39, 0.29) is 0 Å². The molecular weight excluding hydrogens is 162 g/mol. The summed E-state index contributed by atoms with van der Waals surface area (Å²) < 4.78 is 0. The average Bonchev–Trinajstić information content (AvgIpc) is 2.86. The zero-order chi connectivity index (χ0) is 9.10. The molecule has 1 saturated carbocycles. The zero-order valence-corrected chi connectivity index (χ0v) is 7.95. The quantitative estimate of drug-likeness (QED) is 0.647. The van der Waals surface area contributed by atoms with Gasteiger partial charge in [-0.25, -0.2) is 0 Å². The maximum absolute atomic E-state index is 4.15. The molecule has 1 fully saturated rings. The Hall–Kier alpha value is -0.860. The molecular formula is C10H17N3. The molecule has 1 aliphatic carbocycles. The van der Waals surface area contributed by atoms with Crippen molar-refractivity contribution in [1.82, 2.24) is 5.43 Å². The Kier molecular flexibility index (Phi) is 2.62. The van der Waals surface area contributed by atoms with Gasteiger partial charge >= 0.3 is 0 Å². The highest BCUT2D eigenvalue weighted by Gasteiger charge is 2.28. The summed E-state index contributed by atoms with van der Waals surface area (Å²) in [6.45, 7) is 3.74. The van der Waals surface area contributed by atoms with Gasteiger partial charge in [0.05, 0.1) is 12.1 Å². The molecule has 0 aromatic heterocycles. The van der Waals surface area contributed by atoms with Crippen molar-refractivity contribution in [2.75, 3.05) is 0 Å². The minimum atomic E-state index is 0.344. The Balaban J connectivity index is 1.73. The van der Waals surface area contributed by atoms with Crippen molar-refractivity contribution in [3.05, 3.63) is 12.7 Å². The minimum absolute atomic E-state index is 0.344. The van der Waals surface area contributed by atoms with Gasteiger partial charge < -0.3 is 0 Å². The van der Waals surface area contributed by atoms with Crippen LogP contribution in [0, 0.1) is 5.92 Å². The van der Waals surface area contributed by atoms with Crippen LogP contribution in [-0.4, -0.2) is 12.1 Å². The van der Waals surface area contributed by atoms with Crippen molar-refractivity contribution in [2.24, 2.45) is 16.3 Å². The Morgan fingerprint density at radius 1 is 1.38 bits per heavy atom. The first-order valence-electron chi connectivity index (χ1n) is 5.16. The van der Waals surface area contributed by atoms with Gasteiger partial charge in [0.25, 0.3) is 0 Å². The molecule has 0 amide bonds. The van der Waals surface area contributed by atoms with Crippen LogP contribution in [0.1, 0.15) is 32.1 Å². The van der Waals surface area contributed by atoms with Crippen LogP contribution >= 0.6 is 0 Å². The molecule has 13 heavy (non-hydrogen) atoms. The van der Waals surface area contributed by atoms with Gasteiger partial charge in [0.2, 0.25) is 0 Å². The van der Waals surface area contributed by atoms with E-state index in [9.17, 15) is 0 Å². The topological polar surface area (TPSA) is 36.8 Å². The summed E-state index contributed by atoms with van der Waals surface area (Å²) in [5.74, 6) is 1.01. The number of nitrogens with zero attached hydrogens (tertiary/aromatic N) is 2. The highest BCUT2D eigenvalue weighted by molar-refractivity contribution is 4.90. The van der Waals surface area contributed by atoms with Crippen LogP contribution in [0.15, 0.2) is 23.0 Å². The summed E-state index contributed by atoms with van der Waals surface area (Å²) in [5.41, 5.74) is 3.09. The molecule has 1 N–H and O–H groups in total. The lowest BCUT2D eigenvalue weighted by atomic mass is 10.0. The fraction of sp³-hybridized carbons (Fsp3) is 0.800. The molecule has 0 spiro atoms. The van der Waals surface area contributed by atoms with Gasteiger partial charge in [-0.05, 0) is 25.2 Å². The van der Waals surface area contributed by atoms with Gasteiger partial charge in [0.15, 0.2) is 0 Å². The largest absolute Gasteiger partial charge is 0.286 e. The molecule has 0 bridgehead atoms. The summed E-state index contributed by atoms with van der Waals surface area (Å²) in [4.78, 5) is 0. The molecule has 0 aromatic rings. The lowest BCUT2D eigenvalue weighted by Gasteiger charge is -2.14. The molecule has 2 unspecified atom stereocenters. The van der Waals surface area contributed by atoms with Gasteiger partial charge in [0, 0.05) is 0 Å². The molecule has 1 aliphatic heterocycles. The van der Waals surface area contributed by atoms with E-state index in [4.69, 9.17) is 0 Å². The van der Waals surface area contributed by atoms with Crippen LogP contribution in [0.4, 0.5) is 0 Å². The third-order valence-electron chi connectivity index (χ3n) is 2.89. The van der Waals surface area contributed by atoms with Crippen molar-refractivity contribution in [2.45, 2.75) is 44.2 Å². The lowest BCUT2D eigenvalue weighted by molar-refractivity contribution is 0.453. The van der Waals surface area contributed by atoms with Crippen molar-refractivity contribution < 1.29 is 0 Å². The highest BCUT2D eigenvalue weighted by atomic mass is 15.5. The molecule has 3 heteroatoms. The van der Waals surface area contributed by atoms with E-state index >= 15 is 0 Å². The Morgan fingerprint density at radius 2 is 2.23 bits per heavy atom. The number of nitrogens with one attached hydrogen (secondary N) is 1. The summed E-state index contributed by atoms with van der Waals surface area (Å²) in [7, 11) is 0. The third-order valence-corrected chi connectivity index (χ3v) is 2.89. The predicted molar refractivity (Wildman–Crippen MR) is 52.3 cm³/mol. The summed E-state index contributed by atoms with van der Waals surface area (Å²) >= 11 is 0. The normalized spacial score (nSPS) is 31.7. The number of rotatable bonds is 5. The molecule has 0 radical (unpaired) electrons. The standard InChI is InChI=1S/C10H17N3/c1-2-3-9-10(12-13-11-9)7-6-8-4-5-8/h2,8-10H,1,3-7H2,(H,11,12). The molecule has 2 rings (SSSR count). The summed E-state index contributed by atoms with van der Waals surface area (Å²) in [5, 5.41) is 8.04. The Morgan fingerprint density at radius 3 is 2.92 bits per heavy atom. The van der Waals surface area contributed by atoms with Crippen LogP contribution in [0.2, 0.25) is 0 Å². The zero-order valence-electron chi connectivity index (χ0n) is 7.95. The number of hydrogen-bond acceptors (Lipinski definition) is 3. The van der Waals surface area contributed by atoms with Gasteiger partial charge in [-0.1, -0.05) is 24.1 Å². The molecule has 1 heterocycles. The van der Waals surface area contributed by atoms with Crippen molar-refractivity contribution in [3.63, 3.8) is 0 Å². The first-order valence-corrected chi connectivity index (χ1v) is 5.16. The van der Waals surface area contributed by atoms with E-state index in [1.54, 1.807) is 0 Å². The SMILES string of the molecule is C=CCC1N=NNC1CCC1CC1. The summed E-state index contributed by atoms with van der Waals surface area (Å²) in [6, 6.07) is 0.815. The van der Waals surface area contributed by atoms with E-state index in [0.717, 1.165) is 12.3 Å². The molecule has 3 nitrogen and oxygen atoms in total. The molecule has 0 aromatic carbocycles. The van der Waals surface area contributed by atoms with Crippen LogP contribution in [0.5, 0.6) is 0 Å². The van der Waals surface area contributed by atoms with E-state index < -0.39 is 0 Å². The first kappa shape index (κ1) is 8.73. The minimum Gasteiger partial charge on any atom is -0.286 e. The maximum atomic E-state index is 4.15. The highest BCUT2D eigenvalue weighted by Crippen LogP contribution is 2.34. The van der Waals surface area contributed by atoms with Crippen LogP contribution in [0.25, 0.3) is 0 Å². The van der Waals surface area contributed by atoms with E-state index in [1.165, 1.54) is 25.7 Å². The van der Waals surface area contributed by atoms with Crippen LogP contribution in [0.3, 0.4) is 0 Å². The fourth-order valence-electron chi connectivity index (χ4n) is 1.81. The molecule has 72 valence electrons. The van der Waals surface area contributed by atoms with E-state index in [2.05, 4.69) is 22.3 Å². The van der Waals surface area contributed by atoms with Gasteiger partial charge in [-0.2, -0.15) is 5.11 Å². The molecule has 2 atom stereocenters. The Labute approximate surface area is 79.3 Å². The van der Waals surface area contributed by atoms with Gasteiger partial charge in [-0.15, -0.1) is 6.58 Å². The van der Waals surface area contributed by atoms with Crippen LogP contribution in [-0.2, 0) is 0 Å². The predicted octanol–water partition coefficient (Wildman–Crippen LogP) is 2.46. The number of hydrogen-bond donors (Lipinski definition) is 1. The second-order valence-electron chi connectivity index (χ2n) is 4.06. The van der Waals surface area contributed by atoms with Crippen LogP contribution < -0.4 is 5.43 Å². The monoisotopic (exact) mass is 179 g/mol. The second-order valence-corrected chi connectivity index (χ2v) is 4.06. The Bertz CT molecular complexity index is 208. The maximum Gasteiger partial charge on any atom is 0.0981 e. The fourth-order valence-corrected chi connectivity index (χ4v) is 1.81. The van der Waals surface area contributed by atoms with Crippen molar-refractivity contribution >= 4 is 0 Å². The molecule has 2 aliphatic rings. The van der Waals surface area contributed by atoms with E-state index in [0.29, 0.717) is 12.1 Å². The summed E-state index contributed by atoms with van der Waals surface area (Å²) in [6.07, 6.45) is 8.32. The lowest BCUT2D eigenvalue weighted by Crippen LogP contribution is -2.30. The smallest absolute Gasteiger partial charge is 0.0981 e. The molecule has 0 saturated heterocycles. The van der Waals surface area contributed by atoms with Crippen molar-refractivity contribution in [1.29, 1.82) is 0 Å². The second kappa shape index (κ2) is 3.90. The average molecular weight is 179 g/mol. The third kappa shape index (κ3) is 2.29. The van der Waals surface area contributed by atoms with Crippen molar-refractivity contribution in [3.8, 4) is 0 Å². The van der Waals surface area contributed by atoms with E-state index in [1.807, 2.05) is 6.08 Å². The van der Waals surface area contributed by atoms with Gasteiger partial charge in [-0.3, -0.25) is 5.43 Å². The first-order chi connectivity index (χ1) is 6.40. The van der Waals surface area contributed by atoms with Gasteiger partial charge in [0.1, 0.15) is 0 Å².